The minimum atomic E-state index is 1.03. The molecule has 1 heterocycles. The number of benzene rings is 2. The van der Waals surface area contributed by atoms with E-state index in [-0.39, 0.29) is 0 Å². The zero-order valence-electron chi connectivity index (χ0n) is 13.0. The molecule has 1 N–H and O–H groups in total. The Bertz CT molecular complexity index is 799. The SMILES string of the molecule is Cc1cc(Nc2c(C)cccc2C)c2cccc(C)c2n1. The summed E-state index contributed by atoms with van der Waals surface area (Å²) in [6, 6.07) is 14.8. The number of hydrogen-bond acceptors (Lipinski definition) is 2. The first-order valence-corrected chi connectivity index (χ1v) is 7.26. The molecule has 3 rings (SSSR count). The van der Waals surface area contributed by atoms with Crippen molar-refractivity contribution in [3.8, 4) is 0 Å². The number of rotatable bonds is 2. The lowest BCUT2D eigenvalue weighted by atomic mass is 10.1. The Morgan fingerprint density at radius 3 is 2.14 bits per heavy atom. The summed E-state index contributed by atoms with van der Waals surface area (Å²) < 4.78 is 0. The van der Waals surface area contributed by atoms with E-state index < -0.39 is 0 Å². The molecule has 0 amide bonds. The van der Waals surface area contributed by atoms with E-state index in [9.17, 15) is 0 Å². The van der Waals surface area contributed by atoms with Crippen molar-refractivity contribution < 1.29 is 0 Å². The van der Waals surface area contributed by atoms with E-state index in [0.717, 1.165) is 16.9 Å². The van der Waals surface area contributed by atoms with Gasteiger partial charge >= 0.3 is 0 Å². The first kappa shape index (κ1) is 13.6. The number of aryl methyl sites for hydroxylation is 4. The molecule has 0 spiro atoms. The standard InChI is InChI=1S/C19H20N2/c1-12-7-5-8-13(2)18(12)21-17-11-15(4)20-19-14(3)9-6-10-16(17)19/h5-11H,1-4H3,(H,20,21). The lowest BCUT2D eigenvalue weighted by Gasteiger charge is -2.15. The van der Waals surface area contributed by atoms with Gasteiger partial charge in [-0.15, -0.1) is 0 Å². The Labute approximate surface area is 125 Å². The van der Waals surface area contributed by atoms with Gasteiger partial charge in [0.05, 0.1) is 5.52 Å². The largest absolute Gasteiger partial charge is 0.354 e. The molecule has 2 heteroatoms. The smallest absolute Gasteiger partial charge is 0.0755 e. The van der Waals surface area contributed by atoms with Crippen molar-refractivity contribution in [2.24, 2.45) is 0 Å². The van der Waals surface area contributed by atoms with E-state index in [4.69, 9.17) is 0 Å². The second-order valence-corrected chi connectivity index (χ2v) is 5.67. The van der Waals surface area contributed by atoms with Gasteiger partial charge in [0.1, 0.15) is 0 Å². The Morgan fingerprint density at radius 1 is 0.810 bits per heavy atom. The number of anilines is 2. The first-order valence-electron chi connectivity index (χ1n) is 7.26. The van der Waals surface area contributed by atoms with E-state index in [1.807, 2.05) is 6.92 Å². The van der Waals surface area contributed by atoms with Gasteiger partial charge in [-0.3, -0.25) is 4.98 Å². The van der Waals surface area contributed by atoms with Crippen molar-refractivity contribution in [3.05, 3.63) is 64.8 Å². The minimum Gasteiger partial charge on any atom is -0.354 e. The average Bonchev–Trinajstić information content (AvgIpc) is 2.44. The van der Waals surface area contributed by atoms with Gasteiger partial charge in [0.2, 0.25) is 0 Å². The van der Waals surface area contributed by atoms with Gasteiger partial charge in [0.15, 0.2) is 0 Å². The first-order chi connectivity index (χ1) is 10.1. The Kier molecular flexibility index (Phi) is 3.38. The lowest BCUT2D eigenvalue weighted by Crippen LogP contribution is -1.99. The van der Waals surface area contributed by atoms with Crippen molar-refractivity contribution in [1.29, 1.82) is 0 Å². The third-order valence-electron chi connectivity index (χ3n) is 3.91. The molecule has 0 aliphatic heterocycles. The van der Waals surface area contributed by atoms with E-state index in [0.29, 0.717) is 0 Å². The molecule has 2 nitrogen and oxygen atoms in total. The molecule has 0 fully saturated rings. The van der Waals surface area contributed by atoms with Gasteiger partial charge < -0.3 is 5.32 Å². The minimum absolute atomic E-state index is 1.03. The summed E-state index contributed by atoms with van der Waals surface area (Å²) in [6.07, 6.45) is 0. The topological polar surface area (TPSA) is 24.9 Å². The van der Waals surface area contributed by atoms with E-state index in [1.54, 1.807) is 0 Å². The summed E-state index contributed by atoms with van der Waals surface area (Å²) in [5, 5.41) is 4.78. The molecule has 0 saturated heterocycles. The van der Waals surface area contributed by atoms with Crippen LogP contribution < -0.4 is 5.32 Å². The number of aromatic nitrogens is 1. The second-order valence-electron chi connectivity index (χ2n) is 5.67. The van der Waals surface area contributed by atoms with Crippen LogP contribution in [-0.4, -0.2) is 4.98 Å². The van der Waals surface area contributed by atoms with E-state index in [1.165, 1.54) is 27.8 Å². The Morgan fingerprint density at radius 2 is 1.43 bits per heavy atom. The van der Waals surface area contributed by atoms with Crippen LogP contribution in [-0.2, 0) is 0 Å². The normalized spacial score (nSPS) is 10.9. The summed E-state index contributed by atoms with van der Waals surface area (Å²) in [5.74, 6) is 0. The molecular weight excluding hydrogens is 256 g/mol. The Hall–Kier alpha value is -2.35. The van der Waals surface area contributed by atoms with Crippen LogP contribution in [0.15, 0.2) is 42.5 Å². The number of para-hydroxylation sites is 2. The maximum Gasteiger partial charge on any atom is 0.0755 e. The quantitative estimate of drug-likeness (QED) is 0.694. The highest BCUT2D eigenvalue weighted by Gasteiger charge is 2.08. The molecule has 2 aromatic carbocycles. The lowest BCUT2D eigenvalue weighted by molar-refractivity contribution is 1.24. The van der Waals surface area contributed by atoms with Crippen molar-refractivity contribution in [2.45, 2.75) is 27.7 Å². The maximum absolute atomic E-state index is 4.68. The summed E-state index contributed by atoms with van der Waals surface area (Å²) in [6.45, 7) is 8.42. The van der Waals surface area contributed by atoms with Crippen molar-refractivity contribution in [1.82, 2.24) is 4.98 Å². The third kappa shape index (κ3) is 2.49. The van der Waals surface area contributed by atoms with Crippen LogP contribution in [0, 0.1) is 27.7 Å². The number of pyridine rings is 1. The van der Waals surface area contributed by atoms with Crippen LogP contribution >= 0.6 is 0 Å². The van der Waals surface area contributed by atoms with Crippen molar-refractivity contribution >= 4 is 22.3 Å². The summed E-state index contributed by atoms with van der Waals surface area (Å²) >= 11 is 0. The van der Waals surface area contributed by atoms with Crippen LogP contribution in [0.5, 0.6) is 0 Å². The van der Waals surface area contributed by atoms with Gasteiger partial charge in [-0.1, -0.05) is 36.4 Å². The highest BCUT2D eigenvalue weighted by atomic mass is 14.9. The molecule has 0 bridgehead atoms. The second kappa shape index (κ2) is 5.21. The molecule has 21 heavy (non-hydrogen) atoms. The zero-order valence-corrected chi connectivity index (χ0v) is 13.0. The zero-order chi connectivity index (χ0) is 15.0. The van der Waals surface area contributed by atoms with Gasteiger partial charge in [-0.25, -0.2) is 0 Å². The van der Waals surface area contributed by atoms with E-state index >= 15 is 0 Å². The van der Waals surface area contributed by atoms with Crippen molar-refractivity contribution in [2.75, 3.05) is 5.32 Å². The highest BCUT2D eigenvalue weighted by molar-refractivity contribution is 5.95. The van der Waals surface area contributed by atoms with Crippen LogP contribution in [0.2, 0.25) is 0 Å². The molecule has 0 atom stereocenters. The van der Waals surface area contributed by atoms with Gasteiger partial charge in [-0.2, -0.15) is 0 Å². The molecule has 0 radical (unpaired) electrons. The molecule has 106 valence electrons. The fourth-order valence-electron chi connectivity index (χ4n) is 2.77. The van der Waals surface area contributed by atoms with Crippen molar-refractivity contribution in [3.63, 3.8) is 0 Å². The number of nitrogens with zero attached hydrogens (tertiary/aromatic N) is 1. The molecule has 1 aromatic heterocycles. The monoisotopic (exact) mass is 276 g/mol. The highest BCUT2D eigenvalue weighted by Crippen LogP contribution is 2.30. The summed E-state index contributed by atoms with van der Waals surface area (Å²) in [5.41, 5.74) is 8.14. The summed E-state index contributed by atoms with van der Waals surface area (Å²) in [4.78, 5) is 4.68. The summed E-state index contributed by atoms with van der Waals surface area (Å²) in [7, 11) is 0. The Balaban J connectivity index is 2.19. The fraction of sp³-hybridized carbons (Fsp3) is 0.211. The van der Waals surface area contributed by atoms with Gasteiger partial charge in [-0.05, 0) is 50.5 Å². The molecule has 0 unspecified atom stereocenters. The average molecular weight is 276 g/mol. The van der Waals surface area contributed by atoms with Crippen LogP contribution in [0.25, 0.3) is 10.9 Å². The molecule has 0 aliphatic rings. The predicted molar refractivity (Wildman–Crippen MR) is 90.4 cm³/mol. The van der Waals surface area contributed by atoms with Crippen LogP contribution in [0.4, 0.5) is 11.4 Å². The predicted octanol–water partition coefficient (Wildman–Crippen LogP) is 5.21. The maximum atomic E-state index is 4.68. The molecule has 0 aliphatic carbocycles. The van der Waals surface area contributed by atoms with Crippen LogP contribution in [0.1, 0.15) is 22.4 Å². The molecule has 3 aromatic rings. The third-order valence-corrected chi connectivity index (χ3v) is 3.91. The fourth-order valence-corrected chi connectivity index (χ4v) is 2.77. The van der Waals surface area contributed by atoms with Crippen LogP contribution in [0.3, 0.4) is 0 Å². The molecular formula is C19H20N2. The van der Waals surface area contributed by atoms with Gasteiger partial charge in [0, 0.05) is 22.5 Å². The number of hydrogen-bond donors (Lipinski definition) is 1. The molecule has 0 saturated carbocycles. The van der Waals surface area contributed by atoms with Gasteiger partial charge in [0.25, 0.3) is 0 Å². The van der Waals surface area contributed by atoms with E-state index in [2.05, 4.69) is 73.5 Å². The number of nitrogens with one attached hydrogen (secondary N) is 1. The number of fused-ring (bicyclic) bond motifs is 1.